The molecule has 3 heterocycles. The van der Waals surface area contributed by atoms with Crippen molar-refractivity contribution >= 4 is 28.9 Å². The Morgan fingerprint density at radius 2 is 1.87 bits per heavy atom. The quantitative estimate of drug-likeness (QED) is 0.875. The number of para-hydroxylation sites is 1. The Bertz CT molecular complexity index is 832. The van der Waals surface area contributed by atoms with Crippen molar-refractivity contribution in [1.82, 2.24) is 4.90 Å². The Morgan fingerprint density at radius 1 is 1.09 bits per heavy atom. The highest BCUT2D eigenvalue weighted by Gasteiger charge is 2.60. The first kappa shape index (κ1) is 13.4. The SMILES string of the molecule is O=C1Nc2ccccc2[C@]12C(c1ccccc1)=C[C@@H]1CSCN12. The van der Waals surface area contributed by atoms with E-state index in [9.17, 15) is 4.79 Å². The van der Waals surface area contributed by atoms with Crippen LogP contribution in [0.3, 0.4) is 0 Å². The molecule has 0 aromatic heterocycles. The molecule has 1 saturated heterocycles. The summed E-state index contributed by atoms with van der Waals surface area (Å²) >= 11 is 1.90. The summed E-state index contributed by atoms with van der Waals surface area (Å²) in [6.07, 6.45) is 2.30. The van der Waals surface area contributed by atoms with Crippen LogP contribution in [0.5, 0.6) is 0 Å². The van der Waals surface area contributed by atoms with E-state index in [0.29, 0.717) is 6.04 Å². The maximum atomic E-state index is 13.2. The smallest absolute Gasteiger partial charge is 0.254 e. The van der Waals surface area contributed by atoms with Gasteiger partial charge in [-0.3, -0.25) is 9.69 Å². The van der Waals surface area contributed by atoms with Crippen LogP contribution in [0, 0.1) is 0 Å². The third-order valence-electron chi connectivity index (χ3n) is 5.08. The lowest BCUT2D eigenvalue weighted by atomic mass is 9.81. The van der Waals surface area contributed by atoms with Gasteiger partial charge >= 0.3 is 0 Å². The molecule has 1 fully saturated rings. The molecular weight excluding hydrogens is 304 g/mol. The van der Waals surface area contributed by atoms with Gasteiger partial charge in [0.25, 0.3) is 5.91 Å². The first-order valence-corrected chi connectivity index (χ1v) is 9.00. The summed E-state index contributed by atoms with van der Waals surface area (Å²) in [5.74, 6) is 2.02. The van der Waals surface area contributed by atoms with E-state index in [-0.39, 0.29) is 5.91 Å². The third kappa shape index (κ3) is 1.62. The van der Waals surface area contributed by atoms with Gasteiger partial charge in [0.1, 0.15) is 0 Å². The fourth-order valence-electron chi connectivity index (χ4n) is 4.13. The van der Waals surface area contributed by atoms with Crippen LogP contribution >= 0.6 is 11.8 Å². The van der Waals surface area contributed by atoms with Crippen LogP contribution in [0.2, 0.25) is 0 Å². The van der Waals surface area contributed by atoms with Gasteiger partial charge in [0.15, 0.2) is 5.54 Å². The molecule has 1 spiro atoms. The number of nitrogens with zero attached hydrogens (tertiary/aromatic N) is 1. The zero-order valence-corrected chi connectivity index (χ0v) is 13.3. The lowest BCUT2D eigenvalue weighted by molar-refractivity contribution is -0.123. The minimum Gasteiger partial charge on any atom is -0.324 e. The molecule has 2 aromatic rings. The normalized spacial score (nSPS) is 28.6. The Labute approximate surface area is 139 Å². The summed E-state index contributed by atoms with van der Waals surface area (Å²) in [5.41, 5.74) is 3.62. The van der Waals surface area contributed by atoms with Gasteiger partial charge < -0.3 is 5.32 Å². The standard InChI is InChI=1S/C19H16N2OS/c22-18-19(15-8-4-5-9-17(15)20-18)16(13-6-2-1-3-7-13)10-14-11-23-12-21(14)19/h1-10,14H,11-12H2,(H,20,22)/t14-,19+/m1/s1. The predicted molar refractivity (Wildman–Crippen MR) is 94.1 cm³/mol. The Kier molecular flexibility index (Phi) is 2.75. The van der Waals surface area contributed by atoms with E-state index in [0.717, 1.165) is 34.0 Å². The fraction of sp³-hybridized carbons (Fsp3) is 0.211. The monoisotopic (exact) mass is 320 g/mol. The number of fused-ring (bicyclic) bond motifs is 4. The molecule has 3 aliphatic heterocycles. The molecule has 1 amide bonds. The van der Waals surface area contributed by atoms with Crippen LogP contribution in [-0.2, 0) is 10.3 Å². The topological polar surface area (TPSA) is 32.3 Å². The minimum absolute atomic E-state index is 0.0822. The maximum Gasteiger partial charge on any atom is 0.254 e. The summed E-state index contributed by atoms with van der Waals surface area (Å²) in [6.45, 7) is 0. The number of carbonyl (C=O) groups excluding carboxylic acids is 1. The molecule has 4 heteroatoms. The molecule has 3 nitrogen and oxygen atoms in total. The predicted octanol–water partition coefficient (Wildman–Crippen LogP) is 3.31. The average molecular weight is 320 g/mol. The van der Waals surface area contributed by atoms with E-state index in [1.807, 2.05) is 48.2 Å². The first-order valence-electron chi connectivity index (χ1n) is 7.85. The summed E-state index contributed by atoms with van der Waals surface area (Å²) in [6, 6.07) is 18.7. The number of amides is 1. The largest absolute Gasteiger partial charge is 0.324 e. The molecule has 2 aromatic carbocycles. The number of hydrogen-bond acceptors (Lipinski definition) is 3. The Morgan fingerprint density at radius 3 is 2.74 bits per heavy atom. The highest BCUT2D eigenvalue weighted by atomic mass is 32.2. The second kappa shape index (κ2) is 4.73. The van der Waals surface area contributed by atoms with E-state index in [4.69, 9.17) is 0 Å². The van der Waals surface area contributed by atoms with Crippen LogP contribution in [0.25, 0.3) is 5.57 Å². The number of carbonyl (C=O) groups is 1. The molecule has 114 valence electrons. The van der Waals surface area contributed by atoms with Crippen molar-refractivity contribution in [3.8, 4) is 0 Å². The zero-order valence-electron chi connectivity index (χ0n) is 12.5. The van der Waals surface area contributed by atoms with Gasteiger partial charge in [-0.1, -0.05) is 54.6 Å². The average Bonchev–Trinajstić information content (AvgIpc) is 3.23. The van der Waals surface area contributed by atoms with Crippen LogP contribution in [0.15, 0.2) is 60.7 Å². The van der Waals surface area contributed by atoms with Crippen LogP contribution < -0.4 is 5.32 Å². The van der Waals surface area contributed by atoms with E-state index in [2.05, 4.69) is 34.5 Å². The highest BCUT2D eigenvalue weighted by Crippen LogP contribution is 2.55. The molecule has 2 atom stereocenters. The van der Waals surface area contributed by atoms with Crippen molar-refractivity contribution in [1.29, 1.82) is 0 Å². The number of benzene rings is 2. The summed E-state index contributed by atoms with van der Waals surface area (Å²) < 4.78 is 0. The summed E-state index contributed by atoms with van der Waals surface area (Å²) in [5, 5.41) is 3.11. The zero-order chi connectivity index (χ0) is 15.4. The second-order valence-corrected chi connectivity index (χ2v) is 7.19. The van der Waals surface area contributed by atoms with Crippen LogP contribution in [-0.4, -0.2) is 28.5 Å². The van der Waals surface area contributed by atoms with Gasteiger partial charge in [0, 0.05) is 28.9 Å². The molecule has 5 rings (SSSR count). The Hall–Kier alpha value is -2.04. The van der Waals surface area contributed by atoms with E-state index >= 15 is 0 Å². The van der Waals surface area contributed by atoms with Crippen molar-refractivity contribution in [3.05, 3.63) is 71.8 Å². The number of hydrogen-bond donors (Lipinski definition) is 1. The number of anilines is 1. The number of nitrogens with one attached hydrogen (secondary N) is 1. The third-order valence-corrected chi connectivity index (χ3v) is 6.12. The van der Waals surface area contributed by atoms with Crippen molar-refractivity contribution in [2.75, 3.05) is 16.9 Å². The lowest BCUT2D eigenvalue weighted by Crippen LogP contribution is -2.49. The van der Waals surface area contributed by atoms with Crippen molar-refractivity contribution in [2.45, 2.75) is 11.6 Å². The van der Waals surface area contributed by atoms with Gasteiger partial charge in [-0.2, -0.15) is 0 Å². The van der Waals surface area contributed by atoms with Gasteiger partial charge in [-0.25, -0.2) is 0 Å². The first-order chi connectivity index (χ1) is 11.3. The van der Waals surface area contributed by atoms with Crippen molar-refractivity contribution in [2.24, 2.45) is 0 Å². The van der Waals surface area contributed by atoms with Crippen molar-refractivity contribution < 1.29 is 4.79 Å². The highest BCUT2D eigenvalue weighted by molar-refractivity contribution is 7.99. The summed E-state index contributed by atoms with van der Waals surface area (Å²) in [7, 11) is 0. The van der Waals surface area contributed by atoms with Crippen LogP contribution in [0.4, 0.5) is 5.69 Å². The molecule has 0 bridgehead atoms. The van der Waals surface area contributed by atoms with E-state index in [1.54, 1.807) is 0 Å². The lowest BCUT2D eigenvalue weighted by Gasteiger charge is -2.35. The molecule has 1 N–H and O–H groups in total. The van der Waals surface area contributed by atoms with E-state index in [1.165, 1.54) is 0 Å². The molecular formula is C19H16N2OS. The maximum absolute atomic E-state index is 13.2. The van der Waals surface area contributed by atoms with Gasteiger partial charge in [-0.15, -0.1) is 11.8 Å². The van der Waals surface area contributed by atoms with Crippen LogP contribution in [0.1, 0.15) is 11.1 Å². The fourth-order valence-corrected chi connectivity index (χ4v) is 5.33. The number of thioether (sulfide) groups is 1. The molecule has 0 radical (unpaired) electrons. The van der Waals surface area contributed by atoms with Gasteiger partial charge in [0.05, 0.1) is 0 Å². The summed E-state index contributed by atoms with van der Waals surface area (Å²) in [4.78, 5) is 15.5. The van der Waals surface area contributed by atoms with Gasteiger partial charge in [0.2, 0.25) is 0 Å². The molecule has 3 aliphatic rings. The van der Waals surface area contributed by atoms with E-state index < -0.39 is 5.54 Å². The molecule has 0 aliphatic carbocycles. The van der Waals surface area contributed by atoms with Gasteiger partial charge in [-0.05, 0) is 17.2 Å². The molecule has 0 saturated carbocycles. The second-order valence-electron chi connectivity index (χ2n) is 6.19. The minimum atomic E-state index is -0.674. The molecule has 23 heavy (non-hydrogen) atoms. The van der Waals surface area contributed by atoms with Crippen molar-refractivity contribution in [3.63, 3.8) is 0 Å². The molecule has 0 unspecified atom stereocenters. The Balaban J connectivity index is 1.79. The number of rotatable bonds is 1.